The van der Waals surface area contributed by atoms with Crippen LogP contribution in [-0.4, -0.2) is 0 Å². The molecular weight excluding hydrogens is 315 g/mol. The molecule has 1 rings (SSSR count). The van der Waals surface area contributed by atoms with E-state index in [9.17, 15) is 0 Å². The van der Waals surface area contributed by atoms with Crippen LogP contribution in [0.3, 0.4) is 0 Å². The van der Waals surface area contributed by atoms with Crippen molar-refractivity contribution in [3.63, 3.8) is 0 Å². The highest BCUT2D eigenvalue weighted by atomic mass is 79.9. The van der Waals surface area contributed by atoms with E-state index in [1.807, 2.05) is 12.1 Å². The zero-order valence-corrected chi connectivity index (χ0v) is 10.1. The molecule has 0 saturated carbocycles. The molecule has 4 heteroatoms. The Morgan fingerprint density at radius 2 is 1.91 bits per heavy atom. The second-order valence-electron chi connectivity index (χ2n) is 1.99. The molecule has 0 spiro atoms. The normalized spacial score (nSPS) is 10.2. The topological polar surface area (TPSA) is 0 Å². The predicted octanol–water partition coefficient (Wildman–Crippen LogP) is 4.60. The van der Waals surface area contributed by atoms with Crippen molar-refractivity contribution in [1.29, 1.82) is 0 Å². The molecule has 0 N–H and O–H groups in total. The van der Waals surface area contributed by atoms with Gasteiger partial charge in [-0.3, -0.25) is 0 Å². The molecule has 0 aromatic heterocycles. The molecule has 0 nitrogen and oxygen atoms in total. The summed E-state index contributed by atoms with van der Waals surface area (Å²) in [6, 6.07) is 3.75. The van der Waals surface area contributed by atoms with Crippen LogP contribution in [0.1, 0.15) is 5.56 Å². The van der Waals surface area contributed by atoms with Gasteiger partial charge < -0.3 is 0 Å². The van der Waals surface area contributed by atoms with Gasteiger partial charge >= 0.3 is 0 Å². The summed E-state index contributed by atoms with van der Waals surface area (Å²) in [6.07, 6.45) is 0. The van der Waals surface area contributed by atoms with Crippen molar-refractivity contribution in [2.75, 3.05) is 0 Å². The first-order valence-electron chi connectivity index (χ1n) is 2.84. The van der Waals surface area contributed by atoms with E-state index in [0.29, 0.717) is 10.9 Å². The third-order valence-corrected chi connectivity index (χ3v) is 3.42. The van der Waals surface area contributed by atoms with Gasteiger partial charge in [-0.25, -0.2) is 0 Å². The van der Waals surface area contributed by atoms with Crippen LogP contribution in [0.15, 0.2) is 21.1 Å². The largest absolute Gasteiger partial charge is 0.122 e. The van der Waals surface area contributed by atoms with Gasteiger partial charge in [0.05, 0.1) is 5.02 Å². The van der Waals surface area contributed by atoms with E-state index in [-0.39, 0.29) is 0 Å². The molecule has 0 atom stereocenters. The van der Waals surface area contributed by atoms with Crippen LogP contribution >= 0.6 is 55.1 Å². The fourth-order valence-corrected chi connectivity index (χ4v) is 2.32. The average molecular weight is 319 g/mol. The quantitative estimate of drug-likeness (QED) is 0.524. The van der Waals surface area contributed by atoms with Gasteiger partial charge in [0.1, 0.15) is 0 Å². The third-order valence-electron chi connectivity index (χ3n) is 1.21. The summed E-state index contributed by atoms with van der Waals surface area (Å²) in [5.74, 6) is 0.458. The first-order chi connectivity index (χ1) is 5.15. The Labute approximate surface area is 92.1 Å². The van der Waals surface area contributed by atoms with E-state index in [1.165, 1.54) is 0 Å². The summed E-state index contributed by atoms with van der Waals surface area (Å²) in [5, 5.41) is 0.676. The summed E-state index contributed by atoms with van der Waals surface area (Å²) >= 11 is 18.2. The molecule has 11 heavy (non-hydrogen) atoms. The molecule has 0 radical (unpaired) electrons. The summed E-state index contributed by atoms with van der Waals surface area (Å²) < 4.78 is 1.82. The number of rotatable bonds is 1. The summed E-state index contributed by atoms with van der Waals surface area (Å²) in [6.45, 7) is 0. The van der Waals surface area contributed by atoms with Gasteiger partial charge in [-0.15, -0.1) is 11.6 Å². The van der Waals surface area contributed by atoms with E-state index in [0.717, 1.165) is 14.5 Å². The smallest absolute Gasteiger partial charge is 0.0562 e. The fraction of sp³-hybridized carbons (Fsp3) is 0.143. The lowest BCUT2D eigenvalue weighted by Crippen LogP contribution is -1.81. The maximum Gasteiger partial charge on any atom is 0.0562 e. The van der Waals surface area contributed by atoms with Gasteiger partial charge in [0.2, 0.25) is 0 Å². The summed E-state index contributed by atoms with van der Waals surface area (Å²) in [7, 11) is 0. The molecule has 60 valence electrons. The highest BCUT2D eigenvalue weighted by Crippen LogP contribution is 2.30. The van der Waals surface area contributed by atoms with E-state index >= 15 is 0 Å². The first kappa shape index (κ1) is 9.85. The molecule has 0 bridgehead atoms. The Kier molecular flexibility index (Phi) is 3.69. The molecule has 1 aromatic carbocycles. The van der Waals surface area contributed by atoms with E-state index in [1.54, 1.807) is 0 Å². The fourth-order valence-electron chi connectivity index (χ4n) is 0.707. The Balaban J connectivity index is 3.24. The summed E-state index contributed by atoms with van der Waals surface area (Å²) in [5.41, 5.74) is 0.992. The second-order valence-corrected chi connectivity index (χ2v) is 4.38. The van der Waals surface area contributed by atoms with Crippen molar-refractivity contribution < 1.29 is 0 Å². The minimum atomic E-state index is 0.458. The zero-order valence-electron chi connectivity index (χ0n) is 5.37. The first-order valence-corrected chi connectivity index (χ1v) is 5.34. The van der Waals surface area contributed by atoms with E-state index in [2.05, 4.69) is 31.9 Å². The van der Waals surface area contributed by atoms with Crippen molar-refractivity contribution in [3.8, 4) is 0 Å². The van der Waals surface area contributed by atoms with Crippen molar-refractivity contribution in [2.45, 2.75) is 5.88 Å². The molecule has 0 aliphatic heterocycles. The molecule has 0 saturated heterocycles. The molecule has 0 aliphatic carbocycles. The lowest BCUT2D eigenvalue weighted by Gasteiger charge is -2.02. The Morgan fingerprint density at radius 1 is 1.27 bits per heavy atom. The molecule has 0 heterocycles. The lowest BCUT2D eigenvalue weighted by atomic mass is 10.2. The Bertz CT molecular complexity index is 273. The zero-order chi connectivity index (χ0) is 8.43. The van der Waals surface area contributed by atoms with Crippen LogP contribution in [0, 0.1) is 0 Å². The van der Waals surface area contributed by atoms with Gasteiger partial charge in [0.25, 0.3) is 0 Å². The number of halogens is 4. The van der Waals surface area contributed by atoms with Crippen molar-refractivity contribution in [1.82, 2.24) is 0 Å². The van der Waals surface area contributed by atoms with E-state index < -0.39 is 0 Å². The molecular formula is C7H4Br2Cl2. The van der Waals surface area contributed by atoms with Crippen molar-refractivity contribution in [2.24, 2.45) is 0 Å². The van der Waals surface area contributed by atoms with Gasteiger partial charge in [-0.1, -0.05) is 27.5 Å². The highest BCUT2D eigenvalue weighted by molar-refractivity contribution is 9.11. The number of hydrogen-bond acceptors (Lipinski definition) is 0. The second kappa shape index (κ2) is 4.13. The minimum Gasteiger partial charge on any atom is -0.122 e. The van der Waals surface area contributed by atoms with Crippen LogP contribution in [0.25, 0.3) is 0 Å². The highest BCUT2D eigenvalue weighted by Gasteiger charge is 2.04. The molecule has 1 aromatic rings. The van der Waals surface area contributed by atoms with Crippen LogP contribution in [-0.2, 0) is 5.88 Å². The van der Waals surface area contributed by atoms with Gasteiger partial charge in [0, 0.05) is 14.8 Å². The molecule has 0 aliphatic rings. The van der Waals surface area contributed by atoms with Crippen molar-refractivity contribution in [3.05, 3.63) is 31.7 Å². The van der Waals surface area contributed by atoms with Crippen LogP contribution in [0.5, 0.6) is 0 Å². The molecule has 0 fully saturated rings. The molecule has 0 amide bonds. The molecule has 0 unspecified atom stereocenters. The summed E-state index contributed by atoms with van der Waals surface area (Å²) in [4.78, 5) is 0. The lowest BCUT2D eigenvalue weighted by molar-refractivity contribution is 1.36. The Morgan fingerprint density at radius 3 is 2.45 bits per heavy atom. The number of benzene rings is 1. The van der Waals surface area contributed by atoms with Crippen LogP contribution < -0.4 is 0 Å². The van der Waals surface area contributed by atoms with Gasteiger partial charge in [0.15, 0.2) is 0 Å². The average Bonchev–Trinajstić information content (AvgIpc) is 1.96. The van der Waals surface area contributed by atoms with Crippen molar-refractivity contribution >= 4 is 55.1 Å². The van der Waals surface area contributed by atoms with Gasteiger partial charge in [-0.05, 0) is 33.6 Å². The maximum atomic E-state index is 5.86. The van der Waals surface area contributed by atoms with Crippen LogP contribution in [0.2, 0.25) is 5.02 Å². The number of alkyl halides is 1. The maximum absolute atomic E-state index is 5.86. The minimum absolute atomic E-state index is 0.458. The van der Waals surface area contributed by atoms with Crippen LogP contribution in [0.4, 0.5) is 0 Å². The van der Waals surface area contributed by atoms with E-state index in [4.69, 9.17) is 23.2 Å². The monoisotopic (exact) mass is 316 g/mol. The SMILES string of the molecule is ClCc1cc(Br)cc(Cl)c1Br. The third kappa shape index (κ3) is 2.35. The standard InChI is InChI=1S/C7H4Br2Cl2/c8-5-1-4(3-10)7(9)6(11)2-5/h1-2H,3H2. The number of hydrogen-bond donors (Lipinski definition) is 0. The Hall–Kier alpha value is 0.760. The predicted molar refractivity (Wildman–Crippen MR) is 56.4 cm³/mol. The van der Waals surface area contributed by atoms with Gasteiger partial charge in [-0.2, -0.15) is 0 Å².